The van der Waals surface area contributed by atoms with E-state index in [0.29, 0.717) is 12.5 Å². The van der Waals surface area contributed by atoms with Crippen molar-refractivity contribution in [3.63, 3.8) is 0 Å². The Balaban J connectivity index is 1.46. The summed E-state index contributed by atoms with van der Waals surface area (Å²) in [7, 11) is 1.68. The minimum absolute atomic E-state index is 0.173. The molecule has 2 fully saturated rings. The van der Waals surface area contributed by atoms with E-state index in [2.05, 4.69) is 24.3 Å². The van der Waals surface area contributed by atoms with E-state index in [4.69, 9.17) is 14.5 Å². The van der Waals surface area contributed by atoms with Crippen molar-refractivity contribution in [1.29, 1.82) is 0 Å². The number of aryl methyl sites for hydroxylation is 1. The zero-order valence-corrected chi connectivity index (χ0v) is 16.7. The van der Waals surface area contributed by atoms with Crippen molar-refractivity contribution in [2.24, 2.45) is 0 Å². The van der Waals surface area contributed by atoms with Gasteiger partial charge in [-0.3, -0.25) is 9.78 Å². The number of hydrogen-bond acceptors (Lipinski definition) is 4. The molecular formula is C23H28N2O3. The molecule has 5 nitrogen and oxygen atoms in total. The number of likely N-dealkylation sites (tertiary alicyclic amines) is 1. The lowest BCUT2D eigenvalue weighted by Gasteiger charge is -2.33. The van der Waals surface area contributed by atoms with Gasteiger partial charge in [0, 0.05) is 37.0 Å². The van der Waals surface area contributed by atoms with E-state index in [0.717, 1.165) is 55.9 Å². The molecule has 2 aliphatic heterocycles. The molecule has 0 bridgehead atoms. The summed E-state index contributed by atoms with van der Waals surface area (Å²) in [6, 6.07) is 12.5. The lowest BCUT2D eigenvalue weighted by Crippen LogP contribution is -2.43. The van der Waals surface area contributed by atoms with Crippen molar-refractivity contribution in [1.82, 2.24) is 9.88 Å². The smallest absolute Gasteiger partial charge is 0.251 e. The van der Waals surface area contributed by atoms with Crippen LogP contribution >= 0.6 is 0 Å². The Morgan fingerprint density at radius 2 is 1.86 bits per heavy atom. The molecule has 0 spiro atoms. The van der Waals surface area contributed by atoms with Crippen LogP contribution in [0.25, 0.3) is 11.1 Å². The first kappa shape index (κ1) is 18.9. The Hall–Kier alpha value is -2.40. The molecule has 1 atom stereocenters. The van der Waals surface area contributed by atoms with Gasteiger partial charge >= 0.3 is 0 Å². The van der Waals surface area contributed by atoms with Gasteiger partial charge in [-0.15, -0.1) is 0 Å². The van der Waals surface area contributed by atoms with Gasteiger partial charge in [0.15, 0.2) is 0 Å². The number of aromatic nitrogens is 1. The van der Waals surface area contributed by atoms with Crippen LogP contribution in [-0.4, -0.2) is 48.7 Å². The topological polar surface area (TPSA) is 51.7 Å². The van der Waals surface area contributed by atoms with Crippen molar-refractivity contribution in [2.75, 3.05) is 26.8 Å². The Morgan fingerprint density at radius 3 is 2.50 bits per heavy atom. The van der Waals surface area contributed by atoms with Crippen molar-refractivity contribution in [3.8, 4) is 16.9 Å². The van der Waals surface area contributed by atoms with Gasteiger partial charge in [-0.1, -0.05) is 12.1 Å². The predicted octanol–water partition coefficient (Wildman–Crippen LogP) is 3.95. The first-order valence-electron chi connectivity index (χ1n) is 10.2. The second-order valence-electron chi connectivity index (χ2n) is 7.75. The van der Waals surface area contributed by atoms with Crippen LogP contribution in [0.4, 0.5) is 0 Å². The number of piperidine rings is 1. The number of pyridine rings is 1. The Kier molecular flexibility index (Phi) is 5.62. The number of benzene rings is 1. The van der Waals surface area contributed by atoms with Crippen LogP contribution in [-0.2, 0) is 9.53 Å². The molecule has 0 N–H and O–H groups in total. The molecule has 2 aromatic rings. The van der Waals surface area contributed by atoms with Crippen molar-refractivity contribution >= 4 is 5.91 Å². The molecule has 5 heteroatoms. The molecule has 148 valence electrons. The average molecular weight is 380 g/mol. The minimum atomic E-state index is -0.213. The summed E-state index contributed by atoms with van der Waals surface area (Å²) >= 11 is 0. The van der Waals surface area contributed by atoms with Crippen molar-refractivity contribution < 1.29 is 14.3 Å². The predicted molar refractivity (Wildman–Crippen MR) is 108 cm³/mol. The van der Waals surface area contributed by atoms with Gasteiger partial charge < -0.3 is 14.4 Å². The first-order chi connectivity index (χ1) is 13.6. The standard InChI is InChI=1S/C23H28N2O3/c1-16-14-19(17-5-7-20(27-2)8-6-17)15-21(24-16)18-9-11-25(12-10-18)23(26)22-4-3-13-28-22/h5-8,14-15,18,22H,3-4,9-13H2,1-2H3/t22-/m1/s1. The molecule has 1 aromatic carbocycles. The zero-order valence-electron chi connectivity index (χ0n) is 16.7. The molecule has 28 heavy (non-hydrogen) atoms. The highest BCUT2D eigenvalue weighted by Gasteiger charge is 2.31. The van der Waals surface area contributed by atoms with E-state index in [-0.39, 0.29) is 12.0 Å². The highest BCUT2D eigenvalue weighted by Crippen LogP contribution is 2.31. The second kappa shape index (κ2) is 8.31. The monoisotopic (exact) mass is 380 g/mol. The van der Waals surface area contributed by atoms with Gasteiger partial charge in [0.1, 0.15) is 11.9 Å². The minimum Gasteiger partial charge on any atom is -0.497 e. The van der Waals surface area contributed by atoms with Gasteiger partial charge in [0.25, 0.3) is 5.91 Å². The van der Waals surface area contributed by atoms with E-state index < -0.39 is 0 Å². The van der Waals surface area contributed by atoms with Crippen LogP contribution in [0.2, 0.25) is 0 Å². The van der Waals surface area contributed by atoms with Crippen LogP contribution in [0.5, 0.6) is 5.75 Å². The Morgan fingerprint density at radius 1 is 1.11 bits per heavy atom. The number of nitrogens with zero attached hydrogens (tertiary/aromatic N) is 2. The van der Waals surface area contributed by atoms with E-state index in [9.17, 15) is 4.79 Å². The maximum absolute atomic E-state index is 12.6. The largest absolute Gasteiger partial charge is 0.497 e. The van der Waals surface area contributed by atoms with Crippen LogP contribution in [0.15, 0.2) is 36.4 Å². The molecule has 0 aliphatic carbocycles. The zero-order chi connectivity index (χ0) is 19.5. The van der Waals surface area contributed by atoms with Crippen LogP contribution < -0.4 is 4.74 Å². The van der Waals surface area contributed by atoms with Crippen molar-refractivity contribution in [3.05, 3.63) is 47.8 Å². The maximum atomic E-state index is 12.6. The fraction of sp³-hybridized carbons (Fsp3) is 0.478. The SMILES string of the molecule is COc1ccc(-c2cc(C)nc(C3CCN(C(=O)[C@H]4CCCO4)CC3)c2)cc1. The third kappa shape index (κ3) is 4.04. The maximum Gasteiger partial charge on any atom is 0.251 e. The lowest BCUT2D eigenvalue weighted by atomic mass is 9.91. The second-order valence-corrected chi connectivity index (χ2v) is 7.75. The quantitative estimate of drug-likeness (QED) is 0.806. The fourth-order valence-corrected chi connectivity index (χ4v) is 4.23. The molecule has 2 saturated heterocycles. The first-order valence-corrected chi connectivity index (χ1v) is 10.2. The van der Waals surface area contributed by atoms with E-state index in [1.54, 1.807) is 7.11 Å². The van der Waals surface area contributed by atoms with E-state index in [1.165, 1.54) is 11.1 Å². The molecule has 2 aliphatic rings. The molecule has 1 aromatic heterocycles. The normalized spacial score (nSPS) is 20.4. The summed E-state index contributed by atoms with van der Waals surface area (Å²) in [6.45, 7) is 4.34. The van der Waals surface area contributed by atoms with Gasteiger partial charge in [-0.05, 0) is 68.0 Å². The number of hydrogen-bond donors (Lipinski definition) is 0. The third-order valence-corrected chi connectivity index (χ3v) is 5.83. The summed E-state index contributed by atoms with van der Waals surface area (Å²) in [5, 5.41) is 0. The highest BCUT2D eigenvalue weighted by molar-refractivity contribution is 5.81. The summed E-state index contributed by atoms with van der Waals surface area (Å²) in [4.78, 5) is 19.4. The number of carbonyl (C=O) groups is 1. The number of methoxy groups -OCH3 is 1. The number of carbonyl (C=O) groups excluding carboxylic acids is 1. The molecule has 0 radical (unpaired) electrons. The summed E-state index contributed by atoms with van der Waals surface area (Å²) in [5.74, 6) is 1.43. The molecule has 0 saturated carbocycles. The van der Waals surface area contributed by atoms with Crippen molar-refractivity contribution in [2.45, 2.75) is 44.6 Å². The Labute approximate surface area is 166 Å². The van der Waals surface area contributed by atoms with Gasteiger partial charge in [0.05, 0.1) is 7.11 Å². The number of amides is 1. The summed E-state index contributed by atoms with van der Waals surface area (Å²) in [5.41, 5.74) is 4.51. The number of ether oxygens (including phenoxy) is 2. The molecule has 3 heterocycles. The highest BCUT2D eigenvalue weighted by atomic mass is 16.5. The molecule has 4 rings (SSSR count). The van der Waals surface area contributed by atoms with Crippen LogP contribution in [0.3, 0.4) is 0 Å². The fourth-order valence-electron chi connectivity index (χ4n) is 4.23. The average Bonchev–Trinajstić information content (AvgIpc) is 3.28. The van der Waals surface area contributed by atoms with Gasteiger partial charge in [-0.25, -0.2) is 0 Å². The van der Waals surface area contributed by atoms with Gasteiger partial charge in [0.2, 0.25) is 0 Å². The molecular weight excluding hydrogens is 352 g/mol. The number of rotatable bonds is 4. The molecule has 0 unspecified atom stereocenters. The van der Waals surface area contributed by atoms with Gasteiger partial charge in [-0.2, -0.15) is 0 Å². The summed E-state index contributed by atoms with van der Waals surface area (Å²) in [6.07, 6.45) is 3.56. The Bertz CT molecular complexity index is 820. The lowest BCUT2D eigenvalue weighted by molar-refractivity contribution is -0.142. The third-order valence-electron chi connectivity index (χ3n) is 5.83. The van der Waals surface area contributed by atoms with E-state index in [1.807, 2.05) is 24.0 Å². The molecule has 1 amide bonds. The van der Waals surface area contributed by atoms with E-state index >= 15 is 0 Å². The van der Waals surface area contributed by atoms with Crippen LogP contribution in [0, 0.1) is 6.92 Å². The van der Waals surface area contributed by atoms with Crippen LogP contribution in [0.1, 0.15) is 43.0 Å². The summed E-state index contributed by atoms with van der Waals surface area (Å²) < 4.78 is 10.8.